The highest BCUT2D eigenvalue weighted by molar-refractivity contribution is 6.06. The van der Waals surface area contributed by atoms with E-state index in [1.165, 1.54) is 42.0 Å². The van der Waals surface area contributed by atoms with Crippen molar-refractivity contribution in [2.45, 2.75) is 69.4 Å². The van der Waals surface area contributed by atoms with Gasteiger partial charge in [-0.1, -0.05) is 37.5 Å². The van der Waals surface area contributed by atoms with Gasteiger partial charge in [-0.25, -0.2) is 0 Å². The molecule has 3 amide bonds. The Balaban J connectivity index is 1.19. The highest BCUT2D eigenvalue weighted by Gasteiger charge is 2.45. The molecule has 47 heavy (non-hydrogen) atoms. The molecule has 2 aliphatic carbocycles. The lowest BCUT2D eigenvalue weighted by atomic mass is 9.75. The summed E-state index contributed by atoms with van der Waals surface area (Å²) >= 11 is 0. The largest absolute Gasteiger partial charge is 0.497 e. The zero-order valence-corrected chi connectivity index (χ0v) is 26.6. The summed E-state index contributed by atoms with van der Waals surface area (Å²) < 4.78 is 14.1. The van der Waals surface area contributed by atoms with Crippen LogP contribution < -0.4 is 25.8 Å². The van der Waals surface area contributed by atoms with E-state index >= 15 is 0 Å². The zero-order valence-electron chi connectivity index (χ0n) is 26.6. The van der Waals surface area contributed by atoms with Crippen molar-refractivity contribution < 1.29 is 23.9 Å². The molecule has 9 nitrogen and oxygen atoms in total. The fourth-order valence-electron chi connectivity index (χ4n) is 7.37. The second-order valence-corrected chi connectivity index (χ2v) is 12.9. The third kappa shape index (κ3) is 5.86. The van der Waals surface area contributed by atoms with E-state index in [2.05, 4.69) is 27.3 Å². The van der Waals surface area contributed by atoms with E-state index in [0.717, 1.165) is 47.4 Å². The summed E-state index contributed by atoms with van der Waals surface area (Å²) in [7, 11) is 1.66. The lowest BCUT2D eigenvalue weighted by Crippen LogP contribution is -2.61. The van der Waals surface area contributed by atoms with Crippen LogP contribution in [0, 0.1) is 0 Å². The third-order valence-corrected chi connectivity index (χ3v) is 10.00. The Hall–Kier alpha value is -5.05. The van der Waals surface area contributed by atoms with Gasteiger partial charge in [-0.05, 0) is 91.6 Å². The van der Waals surface area contributed by atoms with E-state index in [0.29, 0.717) is 43.2 Å². The van der Waals surface area contributed by atoms with Crippen LogP contribution in [0.2, 0.25) is 0 Å². The van der Waals surface area contributed by atoms with E-state index in [-0.39, 0.29) is 11.8 Å². The number of hydrogen-bond donors (Lipinski definition) is 3. The molecule has 0 spiro atoms. The fourth-order valence-corrected chi connectivity index (χ4v) is 7.37. The van der Waals surface area contributed by atoms with E-state index < -0.39 is 11.4 Å². The topological polar surface area (TPSA) is 125 Å². The molecular weight excluding hydrogens is 592 g/mol. The number of benzene rings is 3. The summed E-state index contributed by atoms with van der Waals surface area (Å²) in [4.78, 5) is 38.4. The summed E-state index contributed by atoms with van der Waals surface area (Å²) in [5.41, 5.74) is 10.7. The van der Waals surface area contributed by atoms with Crippen molar-refractivity contribution >= 4 is 40.4 Å². The Morgan fingerprint density at radius 2 is 1.77 bits per heavy atom. The monoisotopic (exact) mass is 632 g/mol. The van der Waals surface area contributed by atoms with Crippen molar-refractivity contribution in [1.82, 2.24) is 9.88 Å². The number of hydrogen-bond acceptors (Lipinski definition) is 5. The molecule has 242 valence electrons. The van der Waals surface area contributed by atoms with Crippen LogP contribution in [0.3, 0.4) is 0 Å². The molecular formula is C38H40N4O5. The maximum atomic E-state index is 13.9. The van der Waals surface area contributed by atoms with Crippen molar-refractivity contribution in [2.75, 3.05) is 19.0 Å². The zero-order chi connectivity index (χ0) is 32.5. The number of nitrogens with zero attached hydrogens (tertiary/aromatic N) is 1. The molecule has 0 atom stereocenters. The van der Waals surface area contributed by atoms with Gasteiger partial charge in [0, 0.05) is 39.9 Å². The summed E-state index contributed by atoms with van der Waals surface area (Å²) in [6, 6.07) is 19.1. The highest BCUT2D eigenvalue weighted by Crippen LogP contribution is 2.48. The van der Waals surface area contributed by atoms with Gasteiger partial charge in [0.15, 0.2) is 0 Å². The van der Waals surface area contributed by atoms with Crippen molar-refractivity contribution in [3.63, 3.8) is 0 Å². The van der Waals surface area contributed by atoms with Crippen molar-refractivity contribution in [3.8, 4) is 22.8 Å². The molecule has 3 aliphatic rings. The maximum absolute atomic E-state index is 13.9. The Bertz CT molecular complexity index is 1880. The smallest absolute Gasteiger partial charge is 0.252 e. The second-order valence-electron chi connectivity index (χ2n) is 12.9. The van der Waals surface area contributed by atoms with E-state index in [9.17, 15) is 14.4 Å². The van der Waals surface area contributed by atoms with Gasteiger partial charge in [-0.15, -0.1) is 0 Å². The first-order chi connectivity index (χ1) is 22.8. The van der Waals surface area contributed by atoms with Crippen molar-refractivity contribution in [1.29, 1.82) is 0 Å². The van der Waals surface area contributed by atoms with Gasteiger partial charge < -0.3 is 30.4 Å². The normalized spacial score (nSPS) is 17.1. The number of nitrogens with two attached hydrogens (primary N) is 1. The molecule has 0 saturated heterocycles. The lowest BCUT2D eigenvalue weighted by Gasteiger charge is -2.40. The molecule has 3 aromatic carbocycles. The van der Waals surface area contributed by atoms with Gasteiger partial charge in [0.05, 0.1) is 19.3 Å². The molecule has 2 heterocycles. The number of amides is 3. The second kappa shape index (κ2) is 12.6. The number of carbonyl (C=O) groups is 3. The Labute approximate surface area is 274 Å². The number of aromatic nitrogens is 1. The number of ether oxygens (including phenoxy) is 2. The van der Waals surface area contributed by atoms with Gasteiger partial charge in [0.1, 0.15) is 23.6 Å². The van der Waals surface area contributed by atoms with E-state index in [1.807, 2.05) is 24.3 Å². The summed E-state index contributed by atoms with van der Waals surface area (Å²) in [5, 5.41) is 7.25. The first-order valence-electron chi connectivity index (χ1n) is 16.5. The van der Waals surface area contributed by atoms with Crippen LogP contribution in [-0.2, 0) is 16.1 Å². The average Bonchev–Trinajstić information content (AvgIpc) is 3.27. The number of carbonyl (C=O) groups excluding carboxylic acids is 3. The third-order valence-electron chi connectivity index (χ3n) is 10.00. The van der Waals surface area contributed by atoms with Gasteiger partial charge in [0.2, 0.25) is 11.8 Å². The highest BCUT2D eigenvalue weighted by atomic mass is 16.5. The summed E-state index contributed by atoms with van der Waals surface area (Å²) in [5.74, 6) is 0.981. The fraction of sp³-hybridized carbons (Fsp3) is 0.342. The predicted octanol–water partition coefficient (Wildman–Crippen LogP) is 6.55. The lowest BCUT2D eigenvalue weighted by molar-refractivity contribution is -0.125. The number of anilines is 1. The van der Waals surface area contributed by atoms with Crippen LogP contribution in [0.15, 0.2) is 66.7 Å². The molecule has 1 aromatic heterocycles. The molecule has 7 rings (SSSR count). The Morgan fingerprint density at radius 1 is 0.979 bits per heavy atom. The maximum Gasteiger partial charge on any atom is 0.252 e. The minimum Gasteiger partial charge on any atom is -0.497 e. The first-order valence-corrected chi connectivity index (χ1v) is 16.5. The van der Waals surface area contributed by atoms with Gasteiger partial charge >= 0.3 is 0 Å². The number of fused-ring (bicyclic) bond motifs is 5. The molecule has 2 fully saturated rings. The van der Waals surface area contributed by atoms with Crippen LogP contribution in [-0.4, -0.2) is 41.5 Å². The Kier molecular flexibility index (Phi) is 8.22. The van der Waals surface area contributed by atoms with Crippen LogP contribution in [0.25, 0.3) is 28.2 Å². The molecule has 2 saturated carbocycles. The molecule has 4 N–H and O–H groups in total. The molecule has 9 heteroatoms. The SMILES string of the molecule is COc1ccc2c(c1)OCCn1c-2c(C2CCCCC2)c2ccc(C(=O)NC3(C(=O)Nc4ccc(/C=C/C(N)=O)cc4)CCC3)cc21. The van der Waals surface area contributed by atoms with Gasteiger partial charge in [0.25, 0.3) is 5.91 Å². The standard InChI is InChI=1S/C38H40N4O5/c1-46-28-14-16-30-32(23-28)47-21-20-42-31-22-26(11-15-29(31)34(35(30)42)25-6-3-2-4-7-25)36(44)41-38(18-5-19-38)37(45)40-27-12-8-24(9-13-27)10-17-33(39)43/h8-17,22-23,25H,2-7,18-21H2,1H3,(H2,39,43)(H,40,45)(H,41,44)/b17-10+. The van der Waals surface area contributed by atoms with Crippen molar-refractivity contribution in [3.05, 3.63) is 83.4 Å². The minimum atomic E-state index is -0.980. The minimum absolute atomic E-state index is 0.237. The average molecular weight is 633 g/mol. The summed E-state index contributed by atoms with van der Waals surface area (Å²) in [6.45, 7) is 1.16. The van der Waals surface area contributed by atoms with E-state index in [4.69, 9.17) is 15.2 Å². The molecule has 1 aliphatic heterocycles. The van der Waals surface area contributed by atoms with E-state index in [1.54, 1.807) is 37.5 Å². The molecule has 0 unspecified atom stereocenters. The van der Waals surface area contributed by atoms with Crippen LogP contribution in [0.4, 0.5) is 5.69 Å². The molecule has 0 bridgehead atoms. The summed E-state index contributed by atoms with van der Waals surface area (Å²) in [6.07, 6.45) is 10.9. The predicted molar refractivity (Wildman–Crippen MR) is 183 cm³/mol. The number of methoxy groups -OCH3 is 1. The Morgan fingerprint density at radius 3 is 2.47 bits per heavy atom. The molecule has 0 radical (unpaired) electrons. The number of rotatable bonds is 8. The number of primary amides is 1. The molecule has 4 aromatic rings. The van der Waals surface area contributed by atoms with Crippen LogP contribution >= 0.6 is 0 Å². The van der Waals surface area contributed by atoms with Crippen molar-refractivity contribution in [2.24, 2.45) is 5.73 Å². The quantitative estimate of drug-likeness (QED) is 0.190. The van der Waals surface area contributed by atoms with Gasteiger partial charge in [-0.2, -0.15) is 0 Å². The first kappa shape index (κ1) is 30.6. The van der Waals surface area contributed by atoms with Crippen LogP contribution in [0.1, 0.15) is 78.8 Å². The van der Waals surface area contributed by atoms with Gasteiger partial charge in [-0.3, -0.25) is 14.4 Å². The van der Waals surface area contributed by atoms with Crippen LogP contribution in [0.5, 0.6) is 11.5 Å². The number of nitrogens with one attached hydrogen (secondary N) is 2.